The van der Waals surface area contributed by atoms with Gasteiger partial charge in [0.1, 0.15) is 22.6 Å². The van der Waals surface area contributed by atoms with E-state index in [4.69, 9.17) is 11.5 Å². The lowest BCUT2D eigenvalue weighted by atomic mass is 9.35. The minimum Gasteiger partial charge on any atom is -0.478 e. The van der Waals surface area contributed by atoms with Crippen LogP contribution < -0.4 is 11.5 Å². The van der Waals surface area contributed by atoms with Crippen molar-refractivity contribution in [2.24, 2.45) is 79.5 Å². The molecule has 10 heteroatoms. The third kappa shape index (κ3) is 4.87. The number of hydrogen-bond acceptors (Lipinski definition) is 7. The number of nitrogens with zero attached hydrogens (tertiary/aromatic N) is 1. The fourth-order valence-corrected chi connectivity index (χ4v) is 16.7. The number of carboxylic acid groups (broad SMARTS) is 1. The number of fused-ring (bicyclic) bond motifs is 3. The number of nitrogens with two attached hydrogens (primary N) is 2. The van der Waals surface area contributed by atoms with E-state index in [1.54, 1.807) is 0 Å². The van der Waals surface area contributed by atoms with E-state index < -0.39 is 74.0 Å². The van der Waals surface area contributed by atoms with Crippen molar-refractivity contribution in [3.05, 3.63) is 99.2 Å². The molecule has 0 aliphatic heterocycles. The second kappa shape index (κ2) is 13.1. The van der Waals surface area contributed by atoms with Gasteiger partial charge in [0, 0.05) is 64.5 Å². The summed E-state index contributed by atoms with van der Waals surface area (Å²) in [4.78, 5) is 47.2. The molecule has 9 aliphatic carbocycles. The first-order valence-corrected chi connectivity index (χ1v) is 23.0. The van der Waals surface area contributed by atoms with Crippen LogP contribution in [0.4, 0.5) is 0 Å². The highest BCUT2D eigenvalue weighted by Gasteiger charge is 2.85. The number of carbonyl (C=O) groups is 3. The highest BCUT2D eigenvalue weighted by Crippen LogP contribution is 2.84. The van der Waals surface area contributed by atoms with Gasteiger partial charge in [-0.2, -0.15) is 0 Å². The Labute approximate surface area is 364 Å². The maximum atomic E-state index is 15.9. The molecular formula is C52H63N3O7. The lowest BCUT2D eigenvalue weighted by Gasteiger charge is -2.69. The standard InChI is InChI=1S/C52H63N3O7/c1-27(44(58)59)23-50(60)32-19-17-30-22-31-24-51(61)33(18-16-28-12-8-7-9-13-28)42-46(2,3)36(57)20-21-47(42,4)39-35(56)25-48(5)40(41(38(30)32)52(31,62)49(48,6)43(39)51)37(29-14-10-11-15-29)34(50)26-55-45(53)54/h7-9,12-13,16,18-19,23-24,29,33-34,37,40-42,60-62H,10-11,14-15,17,20-22,25-26H2,1-6H3,(H,58,59)(H4,53,54,55)/t33-,34-,37+,40+,41-,42-,47+,48+,49-,50+,51-,52-/m0/s1. The van der Waals surface area contributed by atoms with Crippen molar-refractivity contribution in [2.45, 2.75) is 116 Å². The molecule has 9 aliphatic rings. The Kier molecular flexibility index (Phi) is 8.80. The molecule has 0 unspecified atom stereocenters. The predicted octanol–water partition coefficient (Wildman–Crippen LogP) is 6.77. The Morgan fingerprint density at radius 2 is 1.69 bits per heavy atom. The normalized spacial score (nSPS) is 43.9. The largest absolute Gasteiger partial charge is 0.478 e. The first-order valence-electron chi connectivity index (χ1n) is 23.0. The Morgan fingerprint density at radius 1 is 1.00 bits per heavy atom. The first kappa shape index (κ1) is 41.6. The van der Waals surface area contributed by atoms with Gasteiger partial charge in [-0.05, 0) is 95.3 Å². The average Bonchev–Trinajstić information content (AvgIpc) is 3.91. The molecule has 0 aromatic heterocycles. The molecule has 10 rings (SSSR count). The summed E-state index contributed by atoms with van der Waals surface area (Å²) in [6, 6.07) is 9.96. The molecule has 4 fully saturated rings. The van der Waals surface area contributed by atoms with Crippen LogP contribution in [0.15, 0.2) is 98.6 Å². The van der Waals surface area contributed by atoms with E-state index in [-0.39, 0.29) is 47.9 Å². The molecule has 1 aromatic carbocycles. The zero-order valence-corrected chi connectivity index (χ0v) is 37.0. The van der Waals surface area contributed by atoms with Crippen LogP contribution in [0.5, 0.6) is 0 Å². The molecule has 4 saturated carbocycles. The minimum absolute atomic E-state index is 0.000555. The Morgan fingerprint density at radius 3 is 2.35 bits per heavy atom. The molecule has 0 amide bonds. The summed E-state index contributed by atoms with van der Waals surface area (Å²) < 4.78 is 0. The molecule has 1 aromatic rings. The number of aliphatic imine (C=N–C) groups is 1. The third-order valence-corrected chi connectivity index (χ3v) is 19.1. The average molecular weight is 842 g/mol. The molecule has 328 valence electrons. The maximum Gasteiger partial charge on any atom is 0.331 e. The zero-order valence-electron chi connectivity index (χ0n) is 37.0. The van der Waals surface area contributed by atoms with Crippen LogP contribution in [0.25, 0.3) is 6.08 Å². The van der Waals surface area contributed by atoms with Crippen LogP contribution in [0.2, 0.25) is 0 Å². The molecule has 0 radical (unpaired) electrons. The van der Waals surface area contributed by atoms with Crippen LogP contribution in [0.1, 0.15) is 105 Å². The van der Waals surface area contributed by atoms with Gasteiger partial charge in [-0.25, -0.2) is 4.79 Å². The van der Waals surface area contributed by atoms with E-state index in [9.17, 15) is 30.0 Å². The van der Waals surface area contributed by atoms with Crippen molar-refractivity contribution in [3.8, 4) is 0 Å². The number of allylic oxidation sites excluding steroid dienone is 3. The lowest BCUT2D eigenvalue weighted by Crippen LogP contribution is -2.71. The topological polar surface area (TPSA) is 197 Å². The summed E-state index contributed by atoms with van der Waals surface area (Å²) in [6.45, 7) is 11.9. The van der Waals surface area contributed by atoms with Gasteiger partial charge < -0.3 is 31.9 Å². The van der Waals surface area contributed by atoms with Crippen LogP contribution in [-0.4, -0.2) is 67.3 Å². The summed E-state index contributed by atoms with van der Waals surface area (Å²) in [5, 5.41) is 52.7. The number of ketones is 2. The van der Waals surface area contributed by atoms with E-state index in [0.29, 0.717) is 42.4 Å². The number of aliphatic hydroxyl groups is 3. The van der Waals surface area contributed by atoms with E-state index in [2.05, 4.69) is 31.8 Å². The number of guanidine groups is 1. The van der Waals surface area contributed by atoms with E-state index in [1.165, 1.54) is 13.0 Å². The van der Waals surface area contributed by atoms with Crippen molar-refractivity contribution in [2.75, 3.05) is 6.54 Å². The van der Waals surface area contributed by atoms with Crippen molar-refractivity contribution < 1.29 is 34.8 Å². The van der Waals surface area contributed by atoms with Gasteiger partial charge in [-0.15, -0.1) is 0 Å². The highest BCUT2D eigenvalue weighted by molar-refractivity contribution is 6.02. The lowest BCUT2D eigenvalue weighted by molar-refractivity contribution is -0.165. The summed E-state index contributed by atoms with van der Waals surface area (Å²) >= 11 is 0. The Balaban J connectivity index is 1.32. The molecule has 12 atom stereocenters. The quantitative estimate of drug-likeness (QED) is 0.0743. The van der Waals surface area contributed by atoms with Gasteiger partial charge in [-0.1, -0.05) is 114 Å². The van der Waals surface area contributed by atoms with Crippen molar-refractivity contribution in [1.82, 2.24) is 0 Å². The molecule has 0 heterocycles. The smallest absolute Gasteiger partial charge is 0.331 e. The second-order valence-electron chi connectivity index (χ2n) is 22.0. The van der Waals surface area contributed by atoms with Crippen molar-refractivity contribution in [1.29, 1.82) is 0 Å². The fraction of sp³-hybridized carbons (Fsp3) is 0.577. The van der Waals surface area contributed by atoms with Crippen LogP contribution >= 0.6 is 0 Å². The number of carboxylic acids is 1. The van der Waals surface area contributed by atoms with Gasteiger partial charge in [0.2, 0.25) is 0 Å². The molecule has 8 N–H and O–H groups in total. The zero-order chi connectivity index (χ0) is 44.3. The molecule has 10 nitrogen and oxygen atoms in total. The number of carbonyl (C=O) groups excluding carboxylic acids is 2. The Bertz CT molecular complexity index is 2450. The number of Topliss-reactive ketones (excluding diaryl/α,β-unsaturated/α-hetero) is 2. The predicted molar refractivity (Wildman–Crippen MR) is 237 cm³/mol. The first-order chi connectivity index (χ1) is 29.1. The van der Waals surface area contributed by atoms with Crippen molar-refractivity contribution in [3.63, 3.8) is 0 Å². The molecule has 0 saturated heterocycles. The van der Waals surface area contributed by atoms with E-state index >= 15 is 4.79 Å². The fourth-order valence-electron chi connectivity index (χ4n) is 16.7. The van der Waals surface area contributed by atoms with Crippen LogP contribution in [0.3, 0.4) is 0 Å². The number of aliphatic carboxylic acids is 1. The minimum atomic E-state index is -1.81. The summed E-state index contributed by atoms with van der Waals surface area (Å²) in [5.74, 6) is -4.28. The Hall–Kier alpha value is -4.38. The van der Waals surface area contributed by atoms with Gasteiger partial charge in [0.15, 0.2) is 11.7 Å². The number of benzene rings is 1. The van der Waals surface area contributed by atoms with E-state index in [1.807, 2.05) is 62.4 Å². The van der Waals surface area contributed by atoms with Crippen molar-refractivity contribution >= 4 is 29.6 Å². The highest BCUT2D eigenvalue weighted by atomic mass is 16.4. The molecule has 62 heavy (non-hydrogen) atoms. The van der Waals surface area contributed by atoms with E-state index in [0.717, 1.165) is 48.0 Å². The summed E-state index contributed by atoms with van der Waals surface area (Å²) in [5.41, 5.74) is 8.58. The summed E-state index contributed by atoms with van der Waals surface area (Å²) in [7, 11) is 0. The third-order valence-electron chi connectivity index (χ3n) is 19.1. The van der Waals surface area contributed by atoms with Crippen LogP contribution in [0, 0.1) is 63.1 Å². The molecule has 0 spiro atoms. The monoisotopic (exact) mass is 841 g/mol. The second-order valence-corrected chi connectivity index (χ2v) is 22.0. The van der Waals surface area contributed by atoms with Gasteiger partial charge in [-0.3, -0.25) is 14.6 Å². The number of rotatable bonds is 7. The van der Waals surface area contributed by atoms with Gasteiger partial charge in [0.25, 0.3) is 0 Å². The van der Waals surface area contributed by atoms with Gasteiger partial charge in [0.05, 0.1) is 0 Å². The SMILES string of the molecule is CC(=C[C@@]1(O)C2=CCC3=C2[C@H]2[C@@H]([C@H](C4CCCC4)[C@@H]1CN=C(N)N)[C@@]1(C)CC(=O)C4=C5[C@]1(C)[C@]2(O)C(=C[C@]5(O)[C@@H](C=Cc1ccccc1)[C@H]1C(C)(C)C(=O)CC[C@]41C)C3)C(=O)O. The number of hydrogen-bond donors (Lipinski definition) is 6. The van der Waals surface area contributed by atoms with Crippen LogP contribution in [-0.2, 0) is 14.4 Å². The maximum absolute atomic E-state index is 15.9. The summed E-state index contributed by atoms with van der Waals surface area (Å²) in [6.07, 6.45) is 14.9. The molecular weight excluding hydrogens is 779 g/mol. The van der Waals surface area contributed by atoms with Gasteiger partial charge >= 0.3 is 5.97 Å². The molecule has 0 bridgehead atoms.